The third-order valence-electron chi connectivity index (χ3n) is 3.02. The van der Waals surface area contributed by atoms with Crippen LogP contribution in [-0.2, 0) is 15.8 Å². The summed E-state index contributed by atoms with van der Waals surface area (Å²) in [5.74, 6) is -1.33. The average molecular weight is 340 g/mol. The Hall–Kier alpha value is -2.05. The predicted molar refractivity (Wildman–Crippen MR) is 85.8 cm³/mol. The molecule has 0 heterocycles. The van der Waals surface area contributed by atoms with Gasteiger partial charge < -0.3 is 5.11 Å². The molecule has 0 fully saturated rings. The van der Waals surface area contributed by atoms with E-state index in [2.05, 4.69) is 4.72 Å². The maximum absolute atomic E-state index is 12.2. The summed E-state index contributed by atoms with van der Waals surface area (Å²) < 4.78 is 26.8. The van der Waals surface area contributed by atoms with Crippen molar-refractivity contribution in [1.29, 1.82) is 0 Å². The number of benzene rings is 2. The highest BCUT2D eigenvalue weighted by molar-refractivity contribution is 7.91. The first-order chi connectivity index (χ1) is 10.3. The molecular weight excluding hydrogens is 326 g/mol. The zero-order valence-corrected chi connectivity index (χ0v) is 13.3. The summed E-state index contributed by atoms with van der Waals surface area (Å²) in [7, 11) is -3.65. The Kier molecular flexibility index (Phi) is 4.73. The van der Waals surface area contributed by atoms with E-state index in [1.807, 2.05) is 0 Å². The number of carboxylic acids is 1. The maximum atomic E-state index is 12.2. The molecule has 0 aliphatic heterocycles. The van der Waals surface area contributed by atoms with Crippen molar-refractivity contribution in [2.75, 3.05) is 4.72 Å². The van der Waals surface area contributed by atoms with Crippen LogP contribution in [0.2, 0.25) is 5.02 Å². The van der Waals surface area contributed by atoms with Gasteiger partial charge in [0.05, 0.1) is 17.0 Å². The van der Waals surface area contributed by atoms with Gasteiger partial charge in [0.25, 0.3) is 0 Å². The first kappa shape index (κ1) is 16.3. The minimum atomic E-state index is -3.65. The summed E-state index contributed by atoms with van der Waals surface area (Å²) in [6.45, 7) is 1.70. The molecule has 0 radical (unpaired) electrons. The molecule has 0 atom stereocenters. The Morgan fingerprint density at radius 2 is 1.82 bits per heavy atom. The van der Waals surface area contributed by atoms with Crippen LogP contribution in [0.25, 0.3) is 0 Å². The van der Waals surface area contributed by atoms with E-state index in [1.165, 1.54) is 12.1 Å². The summed E-state index contributed by atoms with van der Waals surface area (Å²) >= 11 is 5.76. The first-order valence-corrected chi connectivity index (χ1v) is 8.39. The summed E-state index contributed by atoms with van der Waals surface area (Å²) in [6, 6.07) is 10.8. The smallest absolute Gasteiger partial charge is 0.335 e. The molecule has 0 saturated carbocycles. The summed E-state index contributed by atoms with van der Waals surface area (Å²) in [6.07, 6.45) is 0. The van der Waals surface area contributed by atoms with Gasteiger partial charge in [-0.25, -0.2) is 13.2 Å². The van der Waals surface area contributed by atoms with Gasteiger partial charge in [-0.1, -0.05) is 29.8 Å². The van der Waals surface area contributed by atoms with Crippen LogP contribution in [0.4, 0.5) is 5.69 Å². The lowest BCUT2D eigenvalue weighted by Gasteiger charge is -2.11. The number of hydrogen-bond donors (Lipinski definition) is 2. The molecule has 22 heavy (non-hydrogen) atoms. The molecule has 0 aliphatic rings. The minimum Gasteiger partial charge on any atom is -0.478 e. The van der Waals surface area contributed by atoms with Gasteiger partial charge in [-0.15, -0.1) is 0 Å². The number of aromatic carboxylic acids is 1. The van der Waals surface area contributed by atoms with Crippen molar-refractivity contribution in [2.24, 2.45) is 0 Å². The molecule has 2 N–H and O–H groups in total. The Balaban J connectivity index is 2.23. The van der Waals surface area contributed by atoms with E-state index >= 15 is 0 Å². The van der Waals surface area contributed by atoms with E-state index in [-0.39, 0.29) is 17.0 Å². The van der Waals surface area contributed by atoms with Crippen molar-refractivity contribution < 1.29 is 18.3 Å². The highest BCUT2D eigenvalue weighted by atomic mass is 35.5. The van der Waals surface area contributed by atoms with Crippen LogP contribution in [0.15, 0.2) is 42.5 Å². The highest BCUT2D eigenvalue weighted by Crippen LogP contribution is 2.20. The largest absolute Gasteiger partial charge is 0.478 e. The van der Waals surface area contributed by atoms with Gasteiger partial charge >= 0.3 is 5.97 Å². The van der Waals surface area contributed by atoms with Gasteiger partial charge in [0.1, 0.15) is 0 Å². The van der Waals surface area contributed by atoms with Gasteiger partial charge in [0, 0.05) is 5.02 Å². The number of nitrogens with one attached hydrogen (secondary N) is 1. The van der Waals surface area contributed by atoms with E-state index in [0.29, 0.717) is 16.1 Å². The van der Waals surface area contributed by atoms with Gasteiger partial charge in [-0.3, -0.25) is 4.72 Å². The Labute approximate surface area is 133 Å². The van der Waals surface area contributed by atoms with Crippen LogP contribution in [0.5, 0.6) is 0 Å². The second-order valence-electron chi connectivity index (χ2n) is 4.82. The molecule has 7 heteroatoms. The lowest BCUT2D eigenvalue weighted by atomic mass is 10.1. The number of aryl methyl sites for hydroxylation is 1. The van der Waals surface area contributed by atoms with E-state index < -0.39 is 16.0 Å². The predicted octanol–water partition coefficient (Wildman–Crippen LogP) is 3.29. The van der Waals surface area contributed by atoms with Crippen LogP contribution in [0.1, 0.15) is 21.5 Å². The fourth-order valence-corrected chi connectivity index (χ4v) is 3.25. The Morgan fingerprint density at radius 1 is 1.18 bits per heavy atom. The molecule has 0 aromatic heterocycles. The molecule has 0 spiro atoms. The molecule has 2 rings (SSSR count). The monoisotopic (exact) mass is 339 g/mol. The number of sulfonamides is 1. The SMILES string of the molecule is Cc1ccc(C(=O)O)cc1NS(=O)(=O)Cc1ccc(Cl)cc1. The molecule has 2 aromatic rings. The first-order valence-electron chi connectivity index (χ1n) is 6.36. The fourth-order valence-electron chi connectivity index (χ4n) is 1.87. The molecular formula is C15H14ClNO4S. The van der Waals surface area contributed by atoms with Crippen LogP contribution in [0, 0.1) is 6.92 Å². The summed E-state index contributed by atoms with van der Waals surface area (Å²) in [5, 5.41) is 9.50. The zero-order chi connectivity index (χ0) is 16.3. The molecule has 0 bridgehead atoms. The van der Waals surface area contributed by atoms with Crippen molar-refractivity contribution in [3.05, 3.63) is 64.2 Å². The van der Waals surface area contributed by atoms with Gasteiger partial charge in [0.15, 0.2) is 0 Å². The second kappa shape index (κ2) is 6.37. The quantitative estimate of drug-likeness (QED) is 0.875. The number of hydrogen-bond acceptors (Lipinski definition) is 3. The number of anilines is 1. The molecule has 2 aromatic carbocycles. The minimum absolute atomic E-state index is 0.0230. The Bertz CT molecular complexity index is 801. The highest BCUT2D eigenvalue weighted by Gasteiger charge is 2.14. The zero-order valence-electron chi connectivity index (χ0n) is 11.7. The lowest BCUT2D eigenvalue weighted by Crippen LogP contribution is -2.16. The van der Waals surface area contributed by atoms with Crippen molar-refractivity contribution >= 4 is 33.3 Å². The lowest BCUT2D eigenvalue weighted by molar-refractivity contribution is 0.0697. The van der Waals surface area contributed by atoms with Gasteiger partial charge in [-0.2, -0.15) is 0 Å². The summed E-state index contributed by atoms with van der Waals surface area (Å²) in [5.41, 5.74) is 1.51. The fraction of sp³-hybridized carbons (Fsp3) is 0.133. The van der Waals surface area contributed by atoms with Gasteiger partial charge in [-0.05, 0) is 42.3 Å². The maximum Gasteiger partial charge on any atom is 0.335 e. The van der Waals surface area contributed by atoms with Crippen molar-refractivity contribution in [2.45, 2.75) is 12.7 Å². The summed E-state index contributed by atoms with van der Waals surface area (Å²) in [4.78, 5) is 11.0. The number of carbonyl (C=O) groups is 1. The van der Waals surface area contributed by atoms with Crippen LogP contribution in [-0.4, -0.2) is 19.5 Å². The van der Waals surface area contributed by atoms with Crippen LogP contribution in [0.3, 0.4) is 0 Å². The third-order valence-corrected chi connectivity index (χ3v) is 4.52. The van der Waals surface area contributed by atoms with Crippen molar-refractivity contribution in [3.63, 3.8) is 0 Å². The number of rotatable bonds is 5. The van der Waals surface area contributed by atoms with Crippen LogP contribution < -0.4 is 4.72 Å². The van der Waals surface area contributed by atoms with Crippen molar-refractivity contribution in [1.82, 2.24) is 0 Å². The van der Waals surface area contributed by atoms with Crippen LogP contribution >= 0.6 is 11.6 Å². The second-order valence-corrected chi connectivity index (χ2v) is 6.98. The van der Waals surface area contributed by atoms with E-state index in [1.54, 1.807) is 37.3 Å². The van der Waals surface area contributed by atoms with Crippen molar-refractivity contribution in [3.8, 4) is 0 Å². The molecule has 116 valence electrons. The molecule has 0 amide bonds. The van der Waals surface area contributed by atoms with E-state index in [0.717, 1.165) is 0 Å². The topological polar surface area (TPSA) is 83.5 Å². The van der Waals surface area contributed by atoms with Gasteiger partial charge in [0.2, 0.25) is 10.0 Å². The number of halogens is 1. The molecule has 0 unspecified atom stereocenters. The molecule has 5 nitrogen and oxygen atoms in total. The molecule has 0 aliphatic carbocycles. The Morgan fingerprint density at radius 3 is 2.41 bits per heavy atom. The van der Waals surface area contributed by atoms with E-state index in [4.69, 9.17) is 16.7 Å². The number of carboxylic acid groups (broad SMARTS) is 1. The van der Waals surface area contributed by atoms with E-state index in [9.17, 15) is 13.2 Å². The molecule has 0 saturated heterocycles. The average Bonchev–Trinajstić information content (AvgIpc) is 2.43. The normalized spacial score (nSPS) is 11.2. The standard InChI is InChI=1S/C15H14ClNO4S/c1-10-2-5-12(15(18)19)8-14(10)17-22(20,21)9-11-3-6-13(16)7-4-11/h2-8,17H,9H2,1H3,(H,18,19). The third kappa shape index (κ3) is 4.22.